The van der Waals surface area contributed by atoms with E-state index in [0.717, 1.165) is 0 Å². The number of nitrogens with zero attached hydrogens (tertiary/aromatic N) is 1. The van der Waals surface area contributed by atoms with Gasteiger partial charge < -0.3 is 14.9 Å². The predicted octanol–water partition coefficient (Wildman–Crippen LogP) is 0.151. The third kappa shape index (κ3) is 2.72. The molecule has 1 heterocycles. The van der Waals surface area contributed by atoms with Gasteiger partial charge in [0, 0.05) is 6.20 Å². The van der Waals surface area contributed by atoms with Crippen LogP contribution in [0, 0.1) is 0 Å². The molecule has 0 unspecified atom stereocenters. The molecule has 0 amide bonds. The molecule has 0 aliphatic heterocycles. The van der Waals surface area contributed by atoms with Crippen molar-refractivity contribution in [1.82, 2.24) is 4.98 Å². The first-order valence-corrected chi connectivity index (χ1v) is 3.66. The molecule has 0 fully saturated rings. The highest BCUT2D eigenvalue weighted by Gasteiger charge is 2.03. The van der Waals surface area contributed by atoms with Gasteiger partial charge in [0.15, 0.2) is 0 Å². The van der Waals surface area contributed by atoms with E-state index in [1.807, 2.05) is 0 Å². The Balaban J connectivity index is 2.73. The van der Waals surface area contributed by atoms with Crippen LogP contribution < -0.4 is 4.74 Å². The molecule has 0 spiro atoms. The van der Waals surface area contributed by atoms with E-state index in [2.05, 4.69) is 4.98 Å². The average Bonchev–Trinajstić information content (AvgIpc) is 2.15. The normalized spacial score (nSPS) is 9.62. The highest BCUT2D eigenvalue weighted by molar-refractivity contribution is 5.87. The van der Waals surface area contributed by atoms with Gasteiger partial charge in [-0.2, -0.15) is 0 Å². The van der Waals surface area contributed by atoms with Crippen LogP contribution in [0.2, 0.25) is 0 Å². The lowest BCUT2D eigenvalue weighted by molar-refractivity contribution is 0.0696. The maximum Gasteiger partial charge on any atom is 0.337 e. The number of aliphatic hydroxyl groups is 1. The quantitative estimate of drug-likeness (QED) is 0.694. The summed E-state index contributed by atoms with van der Waals surface area (Å²) in [5.74, 6) is -0.712. The molecule has 0 bridgehead atoms. The number of carbonyl (C=O) groups is 1. The summed E-state index contributed by atoms with van der Waals surface area (Å²) in [6.45, 7) is 0.0159. The molecule has 0 atom stereocenters. The molecular weight excluding hydrogens is 174 g/mol. The van der Waals surface area contributed by atoms with Gasteiger partial charge in [0.25, 0.3) is 0 Å². The second-order valence-corrected chi connectivity index (χ2v) is 2.29. The minimum Gasteiger partial charge on any atom is -0.490 e. The topological polar surface area (TPSA) is 79.7 Å². The Morgan fingerprint density at radius 1 is 1.54 bits per heavy atom. The van der Waals surface area contributed by atoms with Crippen molar-refractivity contribution in [1.29, 1.82) is 0 Å². The average molecular weight is 183 g/mol. The van der Waals surface area contributed by atoms with Crippen molar-refractivity contribution in [3.05, 3.63) is 24.0 Å². The number of pyridine rings is 1. The van der Waals surface area contributed by atoms with Gasteiger partial charge >= 0.3 is 5.97 Å². The fourth-order valence-corrected chi connectivity index (χ4v) is 0.778. The van der Waals surface area contributed by atoms with Gasteiger partial charge in [-0.3, -0.25) is 4.98 Å². The van der Waals surface area contributed by atoms with E-state index in [0.29, 0.717) is 5.75 Å². The first-order valence-electron chi connectivity index (χ1n) is 3.66. The van der Waals surface area contributed by atoms with E-state index >= 15 is 0 Å². The molecule has 5 nitrogen and oxygen atoms in total. The largest absolute Gasteiger partial charge is 0.490 e. The Labute approximate surface area is 74.6 Å². The second-order valence-electron chi connectivity index (χ2n) is 2.29. The van der Waals surface area contributed by atoms with E-state index in [1.54, 1.807) is 0 Å². The van der Waals surface area contributed by atoms with Crippen molar-refractivity contribution in [2.24, 2.45) is 0 Å². The first-order chi connectivity index (χ1) is 6.24. The van der Waals surface area contributed by atoms with E-state index in [9.17, 15) is 4.79 Å². The molecule has 0 radical (unpaired) electrons. The van der Waals surface area contributed by atoms with E-state index in [-0.39, 0.29) is 18.8 Å². The molecule has 0 aromatic carbocycles. The van der Waals surface area contributed by atoms with Crippen LogP contribution >= 0.6 is 0 Å². The molecule has 13 heavy (non-hydrogen) atoms. The Bertz CT molecular complexity index is 300. The summed E-state index contributed by atoms with van der Waals surface area (Å²) < 4.78 is 4.97. The van der Waals surface area contributed by atoms with Crippen molar-refractivity contribution >= 4 is 5.97 Å². The minimum atomic E-state index is -1.05. The number of aromatic nitrogens is 1. The molecule has 70 valence electrons. The molecule has 1 aromatic heterocycles. The molecule has 5 heteroatoms. The zero-order valence-electron chi connectivity index (χ0n) is 6.80. The van der Waals surface area contributed by atoms with Crippen molar-refractivity contribution in [2.45, 2.75) is 0 Å². The van der Waals surface area contributed by atoms with Crippen LogP contribution in [-0.2, 0) is 0 Å². The van der Waals surface area contributed by atoms with E-state index in [4.69, 9.17) is 14.9 Å². The van der Waals surface area contributed by atoms with Crippen molar-refractivity contribution < 1.29 is 19.7 Å². The lowest BCUT2D eigenvalue weighted by atomic mass is 10.3. The van der Waals surface area contributed by atoms with Gasteiger partial charge in [0.1, 0.15) is 12.4 Å². The summed E-state index contributed by atoms with van der Waals surface area (Å²) in [6.07, 6.45) is 2.62. The van der Waals surface area contributed by atoms with Crippen LogP contribution in [0.1, 0.15) is 10.4 Å². The number of hydrogen-bond donors (Lipinski definition) is 2. The zero-order chi connectivity index (χ0) is 9.68. The number of carboxylic acids is 1. The van der Waals surface area contributed by atoms with Crippen LogP contribution in [0.25, 0.3) is 0 Å². The Morgan fingerprint density at radius 2 is 2.31 bits per heavy atom. The maximum absolute atomic E-state index is 10.5. The second kappa shape index (κ2) is 4.42. The summed E-state index contributed by atoms with van der Waals surface area (Å²) in [5, 5.41) is 17.0. The molecule has 0 aliphatic carbocycles. The van der Waals surface area contributed by atoms with E-state index < -0.39 is 5.97 Å². The third-order valence-electron chi connectivity index (χ3n) is 1.32. The molecule has 0 saturated carbocycles. The maximum atomic E-state index is 10.5. The number of aromatic carboxylic acids is 1. The van der Waals surface area contributed by atoms with Gasteiger partial charge in [-0.05, 0) is 6.07 Å². The summed E-state index contributed by atoms with van der Waals surface area (Å²) in [4.78, 5) is 14.2. The number of rotatable bonds is 4. The Hall–Kier alpha value is -1.62. The van der Waals surface area contributed by atoms with Crippen molar-refractivity contribution in [2.75, 3.05) is 13.2 Å². The van der Waals surface area contributed by atoms with Crippen LogP contribution in [0.4, 0.5) is 0 Å². The van der Waals surface area contributed by atoms with Crippen LogP contribution in [0.3, 0.4) is 0 Å². The predicted molar refractivity (Wildman–Crippen MR) is 43.8 cm³/mol. The molecular formula is C8H9NO4. The van der Waals surface area contributed by atoms with E-state index in [1.165, 1.54) is 18.5 Å². The monoisotopic (exact) mass is 183 g/mol. The molecule has 0 aliphatic rings. The highest BCUT2D eigenvalue weighted by Crippen LogP contribution is 2.10. The number of aliphatic hydroxyl groups excluding tert-OH is 1. The summed E-state index contributed by atoms with van der Waals surface area (Å²) >= 11 is 0. The minimum absolute atomic E-state index is 0.0652. The standard InChI is InChI=1S/C8H9NO4/c10-1-2-13-7-3-6(8(11)12)4-9-5-7/h3-5,10H,1-2H2,(H,11,12). The molecule has 1 rings (SSSR count). The Kier molecular flexibility index (Phi) is 3.22. The number of hydrogen-bond acceptors (Lipinski definition) is 4. The van der Waals surface area contributed by atoms with Gasteiger partial charge in [-0.25, -0.2) is 4.79 Å². The highest BCUT2D eigenvalue weighted by atomic mass is 16.5. The van der Waals surface area contributed by atoms with Gasteiger partial charge in [-0.15, -0.1) is 0 Å². The number of ether oxygens (including phenoxy) is 1. The van der Waals surface area contributed by atoms with Gasteiger partial charge in [-0.1, -0.05) is 0 Å². The first kappa shape index (κ1) is 9.47. The Morgan fingerprint density at radius 3 is 2.92 bits per heavy atom. The summed E-state index contributed by atoms with van der Waals surface area (Å²) in [6, 6.07) is 1.35. The SMILES string of the molecule is O=C(O)c1cncc(OCCO)c1. The zero-order valence-corrected chi connectivity index (χ0v) is 6.80. The van der Waals surface area contributed by atoms with Crippen LogP contribution in [0.5, 0.6) is 5.75 Å². The molecule has 2 N–H and O–H groups in total. The van der Waals surface area contributed by atoms with Crippen molar-refractivity contribution in [3.63, 3.8) is 0 Å². The van der Waals surface area contributed by atoms with Gasteiger partial charge in [0.2, 0.25) is 0 Å². The fourth-order valence-electron chi connectivity index (χ4n) is 0.778. The summed E-state index contributed by atoms with van der Waals surface area (Å²) in [7, 11) is 0. The van der Waals surface area contributed by atoms with Gasteiger partial charge in [0.05, 0.1) is 18.4 Å². The van der Waals surface area contributed by atoms with Crippen LogP contribution in [-0.4, -0.2) is 34.4 Å². The van der Waals surface area contributed by atoms with Crippen LogP contribution in [0.15, 0.2) is 18.5 Å². The summed E-state index contributed by atoms with van der Waals surface area (Å²) in [5.41, 5.74) is 0.0652. The molecule has 1 aromatic rings. The lowest BCUT2D eigenvalue weighted by Crippen LogP contribution is -2.03. The number of carboxylic acid groups (broad SMARTS) is 1. The lowest BCUT2D eigenvalue weighted by Gasteiger charge is -2.03. The third-order valence-corrected chi connectivity index (χ3v) is 1.32. The smallest absolute Gasteiger partial charge is 0.337 e. The van der Waals surface area contributed by atoms with Crippen molar-refractivity contribution in [3.8, 4) is 5.75 Å². The molecule has 0 saturated heterocycles. The fraction of sp³-hybridized carbons (Fsp3) is 0.250.